The maximum absolute atomic E-state index is 12.3. The van der Waals surface area contributed by atoms with Crippen LogP contribution in [0.4, 0.5) is 0 Å². The van der Waals surface area contributed by atoms with Crippen molar-refractivity contribution >= 4 is 5.91 Å². The monoisotopic (exact) mass is 278 g/mol. The number of rotatable bonds is 4. The minimum Gasteiger partial charge on any atom is -0.351 e. The van der Waals surface area contributed by atoms with Gasteiger partial charge in [-0.05, 0) is 40.5 Å². The molecule has 20 heavy (non-hydrogen) atoms. The van der Waals surface area contributed by atoms with Crippen LogP contribution >= 0.6 is 0 Å². The van der Waals surface area contributed by atoms with Gasteiger partial charge in [-0.3, -0.25) is 14.4 Å². The van der Waals surface area contributed by atoms with Crippen molar-refractivity contribution in [3.63, 3.8) is 0 Å². The first kappa shape index (κ1) is 15.0. The number of hydrogen-bond acceptors (Lipinski definition) is 3. The first-order valence-electron chi connectivity index (χ1n) is 7.44. The Morgan fingerprint density at radius 3 is 2.55 bits per heavy atom. The molecule has 0 spiro atoms. The Bertz CT molecular complexity index is 472. The molecule has 0 aromatic carbocycles. The Morgan fingerprint density at radius 1 is 1.45 bits per heavy atom. The molecule has 1 aromatic heterocycles. The molecule has 112 valence electrons. The zero-order valence-electron chi connectivity index (χ0n) is 13.2. The summed E-state index contributed by atoms with van der Waals surface area (Å²) in [5, 5.41) is 7.23. The molecule has 5 nitrogen and oxygen atoms in total. The normalized spacial score (nSPS) is 24.9. The molecule has 1 aliphatic rings. The fourth-order valence-corrected chi connectivity index (χ4v) is 3.16. The fourth-order valence-electron chi connectivity index (χ4n) is 3.16. The molecule has 1 amide bonds. The number of nitrogens with one attached hydrogen (secondary N) is 1. The molecule has 1 aromatic rings. The molecule has 0 aliphatic carbocycles. The van der Waals surface area contributed by atoms with E-state index in [0.29, 0.717) is 18.6 Å². The molecule has 0 unspecified atom stereocenters. The maximum atomic E-state index is 12.3. The number of nitrogens with zero attached hydrogens (tertiary/aromatic N) is 3. The Hall–Kier alpha value is -1.36. The third kappa shape index (κ3) is 2.87. The van der Waals surface area contributed by atoms with E-state index in [9.17, 15) is 4.79 Å². The lowest BCUT2D eigenvalue weighted by Gasteiger charge is -2.31. The molecule has 5 heteroatoms. The van der Waals surface area contributed by atoms with Crippen LogP contribution in [0.1, 0.15) is 44.9 Å². The average molecular weight is 278 g/mol. The number of likely N-dealkylation sites (tertiary alicyclic amines) is 1. The molecule has 1 fully saturated rings. The molecule has 0 bridgehead atoms. The number of carbonyl (C=O) groups is 1. The van der Waals surface area contributed by atoms with Crippen LogP contribution in [0.25, 0.3) is 0 Å². The lowest BCUT2D eigenvalue weighted by Crippen LogP contribution is -2.48. The van der Waals surface area contributed by atoms with E-state index in [0.717, 1.165) is 11.3 Å². The number of carbonyl (C=O) groups excluding carboxylic acids is 1. The van der Waals surface area contributed by atoms with E-state index < -0.39 is 0 Å². The van der Waals surface area contributed by atoms with Crippen molar-refractivity contribution in [2.24, 2.45) is 7.05 Å². The van der Waals surface area contributed by atoms with Crippen molar-refractivity contribution in [3.05, 3.63) is 17.5 Å². The summed E-state index contributed by atoms with van der Waals surface area (Å²) < 4.78 is 1.83. The maximum Gasteiger partial charge on any atom is 0.237 e. The van der Waals surface area contributed by atoms with Crippen molar-refractivity contribution in [2.75, 3.05) is 0 Å². The highest BCUT2D eigenvalue weighted by molar-refractivity contribution is 5.81. The number of aryl methyl sites for hydroxylation is 1. The molecule has 1 N–H and O–H groups in total. The highest BCUT2D eigenvalue weighted by Gasteiger charge is 2.34. The smallest absolute Gasteiger partial charge is 0.237 e. The van der Waals surface area contributed by atoms with Gasteiger partial charge in [0, 0.05) is 36.9 Å². The summed E-state index contributed by atoms with van der Waals surface area (Å²) in [6.45, 7) is 8.99. The predicted octanol–water partition coefficient (Wildman–Crippen LogP) is 1.61. The van der Waals surface area contributed by atoms with Crippen molar-refractivity contribution in [3.8, 4) is 0 Å². The summed E-state index contributed by atoms with van der Waals surface area (Å²) in [7, 11) is 1.91. The SMILES string of the molecule is Cc1c(CNC(=O)[C@@H](C)N2[C@@H](C)CC[C@@H]2C)cnn1C. The molecule has 0 saturated carbocycles. The van der Waals surface area contributed by atoms with Crippen molar-refractivity contribution in [1.82, 2.24) is 20.0 Å². The lowest BCUT2D eigenvalue weighted by atomic mass is 10.2. The molecular weight excluding hydrogens is 252 g/mol. The molecular formula is C15H26N4O. The average Bonchev–Trinajstić information content (AvgIpc) is 2.91. The summed E-state index contributed by atoms with van der Waals surface area (Å²) in [5.74, 6) is 0.105. The van der Waals surface area contributed by atoms with Gasteiger partial charge in [0.25, 0.3) is 0 Å². The summed E-state index contributed by atoms with van der Waals surface area (Å²) in [6, 6.07) is 0.913. The number of hydrogen-bond donors (Lipinski definition) is 1. The Balaban J connectivity index is 1.93. The van der Waals surface area contributed by atoms with Gasteiger partial charge >= 0.3 is 0 Å². The first-order chi connectivity index (χ1) is 9.41. The topological polar surface area (TPSA) is 50.2 Å². The van der Waals surface area contributed by atoms with Crippen LogP contribution in [-0.4, -0.2) is 38.7 Å². The van der Waals surface area contributed by atoms with Gasteiger partial charge in [0.15, 0.2) is 0 Å². The summed E-state index contributed by atoms with van der Waals surface area (Å²) >= 11 is 0. The summed E-state index contributed by atoms with van der Waals surface area (Å²) in [6.07, 6.45) is 4.18. The van der Waals surface area contributed by atoms with Gasteiger partial charge in [0.2, 0.25) is 5.91 Å². The molecule has 3 atom stereocenters. The van der Waals surface area contributed by atoms with E-state index in [4.69, 9.17) is 0 Å². The minimum absolute atomic E-state index is 0.0699. The van der Waals surface area contributed by atoms with Crippen LogP contribution in [0.3, 0.4) is 0 Å². The second-order valence-electron chi connectivity index (χ2n) is 6.00. The Morgan fingerprint density at radius 2 is 2.05 bits per heavy atom. The second-order valence-corrected chi connectivity index (χ2v) is 6.00. The van der Waals surface area contributed by atoms with Crippen LogP contribution in [0.15, 0.2) is 6.20 Å². The zero-order chi connectivity index (χ0) is 14.9. The quantitative estimate of drug-likeness (QED) is 0.910. The highest BCUT2D eigenvalue weighted by atomic mass is 16.2. The second kappa shape index (κ2) is 5.95. The third-order valence-electron chi connectivity index (χ3n) is 4.64. The fraction of sp³-hybridized carbons (Fsp3) is 0.733. The standard InChI is InChI=1S/C15H26N4O/c1-10-6-7-11(2)19(10)13(4)15(20)16-8-14-9-17-18(5)12(14)3/h9-11,13H,6-8H2,1-5H3,(H,16,20)/t10-,11-,13+/m0/s1. The van der Waals surface area contributed by atoms with Crippen LogP contribution in [-0.2, 0) is 18.4 Å². The van der Waals surface area contributed by atoms with Gasteiger partial charge in [-0.2, -0.15) is 5.10 Å². The van der Waals surface area contributed by atoms with Crippen LogP contribution < -0.4 is 5.32 Å². The third-order valence-corrected chi connectivity index (χ3v) is 4.64. The van der Waals surface area contributed by atoms with Crippen LogP contribution in [0.2, 0.25) is 0 Å². The number of amides is 1. The van der Waals surface area contributed by atoms with Crippen LogP contribution in [0, 0.1) is 6.92 Å². The van der Waals surface area contributed by atoms with Gasteiger partial charge in [-0.1, -0.05) is 0 Å². The lowest BCUT2D eigenvalue weighted by molar-refractivity contribution is -0.127. The Labute approximate surface area is 121 Å². The zero-order valence-corrected chi connectivity index (χ0v) is 13.2. The van der Waals surface area contributed by atoms with Gasteiger partial charge in [-0.25, -0.2) is 0 Å². The first-order valence-corrected chi connectivity index (χ1v) is 7.44. The highest BCUT2D eigenvalue weighted by Crippen LogP contribution is 2.25. The largest absolute Gasteiger partial charge is 0.351 e. The molecule has 0 radical (unpaired) electrons. The number of aromatic nitrogens is 2. The van der Waals surface area contributed by atoms with Gasteiger partial charge in [0.05, 0.1) is 12.2 Å². The van der Waals surface area contributed by atoms with E-state index in [1.54, 1.807) is 0 Å². The van der Waals surface area contributed by atoms with E-state index in [2.05, 4.69) is 29.2 Å². The Kier molecular flexibility index (Phi) is 4.48. The van der Waals surface area contributed by atoms with Gasteiger partial charge < -0.3 is 5.32 Å². The minimum atomic E-state index is -0.0699. The molecule has 2 rings (SSSR count). The summed E-state index contributed by atoms with van der Waals surface area (Å²) in [5.41, 5.74) is 2.18. The van der Waals surface area contributed by atoms with Gasteiger partial charge in [0.1, 0.15) is 0 Å². The van der Waals surface area contributed by atoms with Crippen molar-refractivity contribution in [1.29, 1.82) is 0 Å². The molecule has 1 aliphatic heterocycles. The van der Waals surface area contributed by atoms with E-state index in [-0.39, 0.29) is 11.9 Å². The van der Waals surface area contributed by atoms with Gasteiger partial charge in [-0.15, -0.1) is 0 Å². The van der Waals surface area contributed by atoms with E-state index >= 15 is 0 Å². The van der Waals surface area contributed by atoms with Crippen LogP contribution in [0.5, 0.6) is 0 Å². The summed E-state index contributed by atoms with van der Waals surface area (Å²) in [4.78, 5) is 14.7. The predicted molar refractivity (Wildman–Crippen MR) is 79.3 cm³/mol. The van der Waals surface area contributed by atoms with E-state index in [1.807, 2.05) is 31.8 Å². The van der Waals surface area contributed by atoms with E-state index in [1.165, 1.54) is 12.8 Å². The van der Waals surface area contributed by atoms with Crippen molar-refractivity contribution < 1.29 is 4.79 Å². The molecule has 2 heterocycles. The molecule has 1 saturated heterocycles. The van der Waals surface area contributed by atoms with Crippen molar-refractivity contribution in [2.45, 2.75) is 65.2 Å².